The van der Waals surface area contributed by atoms with E-state index in [9.17, 15) is 9.18 Å². The van der Waals surface area contributed by atoms with E-state index in [2.05, 4.69) is 5.32 Å². The first-order chi connectivity index (χ1) is 10.6. The molecule has 6 heteroatoms. The van der Waals surface area contributed by atoms with Gasteiger partial charge in [-0.2, -0.15) is 0 Å². The maximum absolute atomic E-state index is 13.0. The van der Waals surface area contributed by atoms with Crippen LogP contribution < -0.4 is 10.1 Å². The van der Waals surface area contributed by atoms with Crippen molar-refractivity contribution in [2.45, 2.75) is 6.61 Å². The van der Waals surface area contributed by atoms with Gasteiger partial charge in [0.2, 0.25) is 0 Å². The molecule has 0 radical (unpaired) electrons. The van der Waals surface area contributed by atoms with Gasteiger partial charge in [0.1, 0.15) is 11.6 Å². The van der Waals surface area contributed by atoms with Gasteiger partial charge in [-0.3, -0.25) is 4.79 Å². The van der Waals surface area contributed by atoms with Crippen molar-refractivity contribution >= 4 is 23.2 Å². The Hall–Kier alpha value is -2.11. The summed E-state index contributed by atoms with van der Waals surface area (Å²) in [4.78, 5) is 11.8. The number of hydrogen-bond donors (Lipinski definition) is 1. The van der Waals surface area contributed by atoms with Crippen molar-refractivity contribution < 1.29 is 18.7 Å². The zero-order valence-electron chi connectivity index (χ0n) is 11.9. The number of ether oxygens (including phenoxy) is 2. The summed E-state index contributed by atoms with van der Waals surface area (Å²) in [6.07, 6.45) is 0. The minimum absolute atomic E-state index is 0.0508. The van der Waals surface area contributed by atoms with Gasteiger partial charge in [0.25, 0.3) is 5.91 Å². The Bertz CT molecular complexity index is 664. The van der Waals surface area contributed by atoms with Gasteiger partial charge >= 0.3 is 0 Å². The van der Waals surface area contributed by atoms with E-state index >= 15 is 0 Å². The highest BCUT2D eigenvalue weighted by Gasteiger charge is 2.06. The summed E-state index contributed by atoms with van der Waals surface area (Å²) in [6, 6.07) is 11.2. The molecule has 0 saturated heterocycles. The van der Waals surface area contributed by atoms with E-state index in [0.717, 1.165) is 5.56 Å². The largest absolute Gasteiger partial charge is 0.484 e. The molecule has 0 atom stereocenters. The van der Waals surface area contributed by atoms with Crippen molar-refractivity contribution in [2.75, 3.05) is 19.0 Å². The van der Waals surface area contributed by atoms with Gasteiger partial charge in [0.15, 0.2) is 6.61 Å². The fourth-order valence-corrected chi connectivity index (χ4v) is 1.99. The number of carbonyl (C=O) groups is 1. The molecule has 2 aromatic carbocycles. The number of anilines is 1. The lowest BCUT2D eigenvalue weighted by Crippen LogP contribution is -2.20. The highest BCUT2D eigenvalue weighted by molar-refractivity contribution is 6.30. The minimum Gasteiger partial charge on any atom is -0.484 e. The van der Waals surface area contributed by atoms with Crippen LogP contribution in [0.15, 0.2) is 42.5 Å². The van der Waals surface area contributed by atoms with Gasteiger partial charge in [-0.25, -0.2) is 4.39 Å². The number of methoxy groups -OCH3 is 1. The maximum atomic E-state index is 13.0. The molecule has 0 fully saturated rings. The second kappa shape index (κ2) is 7.77. The quantitative estimate of drug-likeness (QED) is 0.883. The van der Waals surface area contributed by atoms with Gasteiger partial charge in [-0.15, -0.1) is 0 Å². The second-order valence-corrected chi connectivity index (χ2v) is 4.95. The molecular weight excluding hydrogens is 309 g/mol. The average molecular weight is 324 g/mol. The second-order valence-electron chi connectivity index (χ2n) is 4.55. The number of hydrogen-bond acceptors (Lipinski definition) is 3. The van der Waals surface area contributed by atoms with Crippen LogP contribution in [0.3, 0.4) is 0 Å². The van der Waals surface area contributed by atoms with Crippen LogP contribution in [0, 0.1) is 5.82 Å². The van der Waals surface area contributed by atoms with E-state index in [0.29, 0.717) is 18.0 Å². The summed E-state index contributed by atoms with van der Waals surface area (Å²) in [5.74, 6) is -0.530. The van der Waals surface area contributed by atoms with Crippen molar-refractivity contribution in [3.05, 3.63) is 58.9 Å². The summed E-state index contributed by atoms with van der Waals surface area (Å²) >= 11 is 5.64. The van der Waals surface area contributed by atoms with Gasteiger partial charge in [-0.1, -0.05) is 23.7 Å². The normalized spacial score (nSPS) is 10.3. The molecule has 4 nitrogen and oxygen atoms in total. The van der Waals surface area contributed by atoms with E-state index in [4.69, 9.17) is 21.1 Å². The third-order valence-corrected chi connectivity index (χ3v) is 3.07. The Morgan fingerprint density at radius 1 is 1.27 bits per heavy atom. The third kappa shape index (κ3) is 4.72. The highest BCUT2D eigenvalue weighted by Crippen LogP contribution is 2.21. The van der Waals surface area contributed by atoms with Crippen LogP contribution >= 0.6 is 11.6 Å². The first kappa shape index (κ1) is 16.3. The molecule has 116 valence electrons. The van der Waals surface area contributed by atoms with Crippen LogP contribution in [0.1, 0.15) is 5.56 Å². The Kier molecular flexibility index (Phi) is 5.75. The van der Waals surface area contributed by atoms with Crippen molar-refractivity contribution in [2.24, 2.45) is 0 Å². The Morgan fingerprint density at radius 2 is 2.09 bits per heavy atom. The van der Waals surface area contributed by atoms with E-state index in [1.54, 1.807) is 13.2 Å². The predicted molar refractivity (Wildman–Crippen MR) is 82.7 cm³/mol. The number of halogens is 2. The summed E-state index contributed by atoms with van der Waals surface area (Å²) in [7, 11) is 1.60. The molecule has 22 heavy (non-hydrogen) atoms. The standard InChI is InChI=1S/C16H15ClFNO3/c1-21-9-11-3-2-4-12(7-11)19-16(20)10-22-13-5-6-15(18)14(17)8-13/h2-8H,9-10H2,1H3,(H,19,20). The number of carbonyl (C=O) groups excluding carboxylic acids is 1. The minimum atomic E-state index is -0.534. The number of amides is 1. The lowest BCUT2D eigenvalue weighted by Gasteiger charge is -2.09. The van der Waals surface area contributed by atoms with Crippen LogP contribution in [-0.4, -0.2) is 19.6 Å². The molecular formula is C16H15ClFNO3. The predicted octanol–water partition coefficient (Wildman–Crippen LogP) is 3.64. The molecule has 0 aliphatic heterocycles. The fourth-order valence-electron chi connectivity index (χ4n) is 1.82. The maximum Gasteiger partial charge on any atom is 0.262 e. The van der Waals surface area contributed by atoms with Crippen LogP contribution in [0.2, 0.25) is 5.02 Å². The summed E-state index contributed by atoms with van der Waals surface area (Å²) in [5, 5.41) is 2.66. The van der Waals surface area contributed by atoms with Crippen LogP contribution in [0.25, 0.3) is 0 Å². The van der Waals surface area contributed by atoms with Gasteiger partial charge < -0.3 is 14.8 Å². The molecule has 2 rings (SSSR count). The fraction of sp³-hybridized carbons (Fsp3) is 0.188. The molecule has 0 saturated carbocycles. The SMILES string of the molecule is COCc1cccc(NC(=O)COc2ccc(F)c(Cl)c2)c1. The smallest absolute Gasteiger partial charge is 0.262 e. The van der Waals surface area contributed by atoms with E-state index < -0.39 is 5.82 Å². The van der Waals surface area contributed by atoms with Gasteiger partial charge in [0, 0.05) is 18.9 Å². The average Bonchev–Trinajstić information content (AvgIpc) is 2.49. The van der Waals surface area contributed by atoms with Crippen LogP contribution in [-0.2, 0) is 16.1 Å². The summed E-state index contributed by atoms with van der Waals surface area (Å²) < 4.78 is 23.3. The van der Waals surface area contributed by atoms with E-state index in [1.807, 2.05) is 18.2 Å². The molecule has 1 N–H and O–H groups in total. The molecule has 0 heterocycles. The first-order valence-electron chi connectivity index (χ1n) is 6.54. The molecule has 2 aromatic rings. The first-order valence-corrected chi connectivity index (χ1v) is 6.92. The van der Waals surface area contributed by atoms with Crippen molar-refractivity contribution in [1.29, 1.82) is 0 Å². The molecule has 0 aliphatic rings. The zero-order chi connectivity index (χ0) is 15.9. The zero-order valence-corrected chi connectivity index (χ0v) is 12.7. The molecule has 0 spiro atoms. The Balaban J connectivity index is 1.90. The summed E-state index contributed by atoms with van der Waals surface area (Å²) in [5.41, 5.74) is 1.60. The Morgan fingerprint density at radius 3 is 2.82 bits per heavy atom. The summed E-state index contributed by atoms with van der Waals surface area (Å²) in [6.45, 7) is 0.269. The number of rotatable bonds is 6. The molecule has 1 amide bonds. The monoisotopic (exact) mass is 323 g/mol. The van der Waals surface area contributed by atoms with Crippen LogP contribution in [0.4, 0.5) is 10.1 Å². The van der Waals surface area contributed by atoms with E-state index in [-0.39, 0.29) is 17.5 Å². The highest BCUT2D eigenvalue weighted by atomic mass is 35.5. The third-order valence-electron chi connectivity index (χ3n) is 2.78. The van der Waals surface area contributed by atoms with Gasteiger partial charge in [0.05, 0.1) is 11.6 Å². The molecule has 0 unspecified atom stereocenters. The number of benzene rings is 2. The Labute approximate surface area is 132 Å². The van der Waals surface area contributed by atoms with Crippen LogP contribution in [0.5, 0.6) is 5.75 Å². The van der Waals surface area contributed by atoms with E-state index in [1.165, 1.54) is 18.2 Å². The lowest BCUT2D eigenvalue weighted by molar-refractivity contribution is -0.118. The topological polar surface area (TPSA) is 47.6 Å². The molecule has 0 bridgehead atoms. The van der Waals surface area contributed by atoms with Crippen molar-refractivity contribution in [3.63, 3.8) is 0 Å². The lowest BCUT2D eigenvalue weighted by atomic mass is 10.2. The molecule has 0 aliphatic carbocycles. The molecule has 0 aromatic heterocycles. The van der Waals surface area contributed by atoms with Crippen molar-refractivity contribution in [1.82, 2.24) is 0 Å². The van der Waals surface area contributed by atoms with Gasteiger partial charge in [-0.05, 0) is 29.8 Å². The number of nitrogens with one attached hydrogen (secondary N) is 1. The van der Waals surface area contributed by atoms with Crippen molar-refractivity contribution in [3.8, 4) is 5.75 Å².